The second-order valence-corrected chi connectivity index (χ2v) is 13.9. The number of benzene rings is 3. The van der Waals surface area contributed by atoms with Crippen LogP contribution in [-0.4, -0.2) is 46.0 Å². The number of nitrogens with zero attached hydrogens (tertiary/aromatic N) is 10. The molecular formula is C39H32N12S2. The van der Waals surface area contributed by atoms with Gasteiger partial charge in [0.1, 0.15) is 21.9 Å². The molecule has 2 unspecified atom stereocenters. The molecule has 0 saturated heterocycles. The van der Waals surface area contributed by atoms with Gasteiger partial charge >= 0.3 is 0 Å². The largest absolute Gasteiger partial charge is 0.354 e. The Balaban J connectivity index is 0.000000164. The second kappa shape index (κ2) is 16.6. The third-order valence-corrected chi connectivity index (χ3v) is 10.4. The van der Waals surface area contributed by atoms with E-state index in [1.165, 1.54) is 22.7 Å². The van der Waals surface area contributed by atoms with Gasteiger partial charge in [0.2, 0.25) is 11.9 Å². The van der Waals surface area contributed by atoms with E-state index in [0.717, 1.165) is 48.1 Å². The van der Waals surface area contributed by atoms with Crippen molar-refractivity contribution < 1.29 is 0 Å². The van der Waals surface area contributed by atoms with Crippen LogP contribution >= 0.6 is 22.7 Å². The average molecular weight is 733 g/mol. The van der Waals surface area contributed by atoms with Crippen molar-refractivity contribution in [1.29, 1.82) is 10.5 Å². The molecular weight excluding hydrogens is 701 g/mol. The lowest BCUT2D eigenvalue weighted by molar-refractivity contribution is 0.811. The van der Waals surface area contributed by atoms with Crippen LogP contribution in [0.25, 0.3) is 20.4 Å². The van der Waals surface area contributed by atoms with Crippen molar-refractivity contribution in [2.45, 2.75) is 24.8 Å². The highest BCUT2D eigenvalue weighted by Gasteiger charge is 2.21. The van der Waals surface area contributed by atoms with Crippen LogP contribution < -0.4 is 10.6 Å². The number of aromatic nitrogens is 8. The van der Waals surface area contributed by atoms with Gasteiger partial charge in [-0.25, -0.2) is 34.9 Å². The highest BCUT2D eigenvalue weighted by molar-refractivity contribution is 7.19. The first-order valence-corrected chi connectivity index (χ1v) is 18.3. The Bertz CT molecular complexity index is 2460. The molecule has 2 N–H and O–H groups in total. The molecule has 0 fully saturated rings. The molecule has 12 nitrogen and oxygen atoms in total. The number of anilines is 2. The van der Waals surface area contributed by atoms with Gasteiger partial charge in [-0.1, -0.05) is 54.6 Å². The number of thiazole rings is 2. The zero-order valence-corrected chi connectivity index (χ0v) is 30.2. The van der Waals surface area contributed by atoms with Crippen molar-refractivity contribution in [3.05, 3.63) is 149 Å². The SMILES string of the molecule is Cn1cncc1CCNc1nccc(C(C#N)c2nc3ccccc3s2)n1.N#CC(c1ccnc(NCc2ccccc2)n1)c1nc2ccccc2s1. The molecule has 0 aliphatic heterocycles. The molecule has 5 aromatic heterocycles. The summed E-state index contributed by atoms with van der Waals surface area (Å²) in [5.41, 5.74) is 5.38. The maximum Gasteiger partial charge on any atom is 0.223 e. The van der Waals surface area contributed by atoms with E-state index in [9.17, 15) is 10.5 Å². The molecule has 0 saturated carbocycles. The highest BCUT2D eigenvalue weighted by Crippen LogP contribution is 2.32. The van der Waals surface area contributed by atoms with E-state index < -0.39 is 11.8 Å². The van der Waals surface area contributed by atoms with Crippen molar-refractivity contribution in [3.63, 3.8) is 0 Å². The summed E-state index contributed by atoms with van der Waals surface area (Å²) in [5.74, 6) is -0.000516. The van der Waals surface area contributed by atoms with E-state index in [2.05, 4.69) is 57.7 Å². The Hall–Kier alpha value is -6.61. The number of hydrogen-bond donors (Lipinski definition) is 2. The number of aryl methyl sites for hydroxylation is 1. The summed E-state index contributed by atoms with van der Waals surface area (Å²) in [4.78, 5) is 30.9. The number of para-hydroxylation sites is 2. The third-order valence-electron chi connectivity index (χ3n) is 8.19. The van der Waals surface area contributed by atoms with Gasteiger partial charge in [0, 0.05) is 50.8 Å². The first-order valence-electron chi connectivity index (χ1n) is 16.7. The number of hydrogen-bond acceptors (Lipinski definition) is 13. The predicted molar refractivity (Wildman–Crippen MR) is 207 cm³/mol. The normalized spacial score (nSPS) is 11.9. The summed E-state index contributed by atoms with van der Waals surface area (Å²) >= 11 is 3.05. The summed E-state index contributed by atoms with van der Waals surface area (Å²) in [6.07, 6.45) is 7.78. The molecule has 5 heterocycles. The lowest BCUT2D eigenvalue weighted by Gasteiger charge is -2.09. The number of imidazole rings is 1. The Morgan fingerprint density at radius 1 is 0.679 bits per heavy atom. The minimum Gasteiger partial charge on any atom is -0.354 e. The topological polar surface area (TPSA) is 167 Å². The zero-order chi connectivity index (χ0) is 36.4. The number of nitriles is 2. The standard InChI is InChI=1S/C20H15N5S.C19H17N7S/c21-12-15(19-24-17-8-4-5-9-18(17)26-19)16-10-11-22-20(25-16)23-13-14-6-2-1-3-7-14;1-26-12-21-11-13(26)6-8-22-19-23-9-7-15(25-19)14(10-20)18-24-16-4-2-3-5-17(16)27-18/h1-11,15H,13H2,(H,22,23,25);2-5,7,9,11-12,14H,6,8H2,1H3,(H,22,23,25). The Morgan fingerprint density at radius 3 is 1.75 bits per heavy atom. The Morgan fingerprint density at radius 2 is 1.23 bits per heavy atom. The summed E-state index contributed by atoms with van der Waals surface area (Å²) < 4.78 is 4.12. The van der Waals surface area contributed by atoms with Crippen molar-refractivity contribution in [2.24, 2.45) is 7.05 Å². The van der Waals surface area contributed by atoms with Crippen LogP contribution in [0.15, 0.2) is 116 Å². The van der Waals surface area contributed by atoms with Crippen LogP contribution in [0.2, 0.25) is 0 Å². The minimum atomic E-state index is -0.511. The summed E-state index contributed by atoms with van der Waals surface area (Å²) in [6.45, 7) is 1.31. The Kier molecular flexibility index (Phi) is 10.9. The van der Waals surface area contributed by atoms with Crippen molar-refractivity contribution in [2.75, 3.05) is 17.2 Å². The molecule has 8 rings (SSSR count). The van der Waals surface area contributed by atoms with Gasteiger partial charge in [0.25, 0.3) is 0 Å². The van der Waals surface area contributed by atoms with Crippen LogP contribution in [0.1, 0.15) is 44.5 Å². The quantitative estimate of drug-likeness (QED) is 0.135. The number of nitrogens with one attached hydrogen (secondary N) is 2. The maximum absolute atomic E-state index is 9.71. The van der Waals surface area contributed by atoms with E-state index in [-0.39, 0.29) is 0 Å². The monoisotopic (exact) mass is 732 g/mol. The molecule has 3 aromatic carbocycles. The molecule has 0 radical (unpaired) electrons. The molecule has 0 spiro atoms. The van der Waals surface area contributed by atoms with Gasteiger partial charge in [0.05, 0.1) is 50.3 Å². The van der Waals surface area contributed by atoms with Crippen molar-refractivity contribution >= 4 is 55.0 Å². The summed E-state index contributed by atoms with van der Waals surface area (Å²) in [7, 11) is 1.97. The number of fused-ring (bicyclic) bond motifs is 2. The minimum absolute atomic E-state index is 0.507. The Labute approximate surface area is 313 Å². The summed E-state index contributed by atoms with van der Waals surface area (Å²) in [6, 6.07) is 34.0. The molecule has 0 bridgehead atoms. The van der Waals surface area contributed by atoms with E-state index in [1.807, 2.05) is 96.7 Å². The van der Waals surface area contributed by atoms with Crippen LogP contribution in [0, 0.1) is 22.7 Å². The molecule has 260 valence electrons. The first kappa shape index (κ1) is 34.8. The molecule has 8 aromatic rings. The lowest BCUT2D eigenvalue weighted by Crippen LogP contribution is -2.11. The predicted octanol–water partition coefficient (Wildman–Crippen LogP) is 7.48. The number of rotatable bonds is 11. The molecule has 14 heteroatoms. The van der Waals surface area contributed by atoms with Crippen molar-refractivity contribution in [1.82, 2.24) is 39.5 Å². The van der Waals surface area contributed by atoms with Gasteiger partial charge in [-0.15, -0.1) is 22.7 Å². The van der Waals surface area contributed by atoms with E-state index in [1.54, 1.807) is 30.9 Å². The maximum atomic E-state index is 9.71. The molecule has 0 amide bonds. The zero-order valence-electron chi connectivity index (χ0n) is 28.5. The highest BCUT2D eigenvalue weighted by atomic mass is 32.1. The smallest absolute Gasteiger partial charge is 0.223 e. The summed E-state index contributed by atoms with van der Waals surface area (Å²) in [5, 5.41) is 27.3. The van der Waals surface area contributed by atoms with Gasteiger partial charge in [0.15, 0.2) is 0 Å². The fourth-order valence-corrected chi connectivity index (χ4v) is 7.52. The average Bonchev–Trinajstić information content (AvgIpc) is 3.94. The van der Waals surface area contributed by atoms with E-state index >= 15 is 0 Å². The third kappa shape index (κ3) is 8.48. The van der Waals surface area contributed by atoms with E-state index in [0.29, 0.717) is 36.4 Å². The fraction of sp³-hybridized carbons (Fsp3) is 0.154. The van der Waals surface area contributed by atoms with Crippen LogP contribution in [0.4, 0.5) is 11.9 Å². The van der Waals surface area contributed by atoms with Crippen LogP contribution in [0.5, 0.6) is 0 Å². The van der Waals surface area contributed by atoms with Crippen LogP contribution in [-0.2, 0) is 20.0 Å². The van der Waals surface area contributed by atoms with E-state index in [4.69, 9.17) is 0 Å². The second-order valence-electron chi connectivity index (χ2n) is 11.8. The van der Waals surface area contributed by atoms with Gasteiger partial charge in [-0.05, 0) is 42.0 Å². The molecule has 0 aliphatic carbocycles. The molecule has 2 atom stereocenters. The fourth-order valence-electron chi connectivity index (χ4n) is 5.46. The lowest BCUT2D eigenvalue weighted by atomic mass is 10.1. The van der Waals surface area contributed by atoms with Crippen molar-refractivity contribution in [3.8, 4) is 12.1 Å². The van der Waals surface area contributed by atoms with Crippen LogP contribution in [0.3, 0.4) is 0 Å². The van der Waals surface area contributed by atoms with Gasteiger partial charge in [-0.2, -0.15) is 10.5 Å². The van der Waals surface area contributed by atoms with Gasteiger partial charge in [-0.3, -0.25) is 0 Å². The first-order chi connectivity index (χ1) is 26.1. The molecule has 0 aliphatic rings. The van der Waals surface area contributed by atoms with Gasteiger partial charge < -0.3 is 15.2 Å². The molecule has 53 heavy (non-hydrogen) atoms.